The molecule has 15 heteroatoms. The molecule has 3 unspecified atom stereocenters. The second kappa shape index (κ2) is 17.6. The van der Waals surface area contributed by atoms with E-state index in [1.165, 1.54) is 24.3 Å². The Morgan fingerprint density at radius 1 is 0.939 bits per heavy atom. The first kappa shape index (κ1) is 36.3. The quantitative estimate of drug-likeness (QED) is 0.0949. The van der Waals surface area contributed by atoms with Crippen molar-refractivity contribution in [2.75, 3.05) is 51.0 Å². The zero-order valence-corrected chi connectivity index (χ0v) is 28.3. The number of amides is 2. The van der Waals surface area contributed by atoms with Gasteiger partial charge in [0, 0.05) is 40.5 Å². The molecule has 2 aliphatic rings. The number of hydrazine groups is 1. The van der Waals surface area contributed by atoms with Gasteiger partial charge in [-0.2, -0.15) is 0 Å². The molecule has 260 valence electrons. The topological polar surface area (TPSA) is 166 Å². The summed E-state index contributed by atoms with van der Waals surface area (Å²) in [6.07, 6.45) is -0.0898. The van der Waals surface area contributed by atoms with Crippen molar-refractivity contribution in [3.8, 4) is 5.75 Å². The molecule has 3 atom stereocenters. The number of hydrogen-bond acceptors (Lipinski definition) is 11. The van der Waals surface area contributed by atoms with Crippen molar-refractivity contribution in [1.29, 1.82) is 0 Å². The second-order valence-corrected chi connectivity index (χ2v) is 12.0. The monoisotopic (exact) mass is 692 g/mol. The molecule has 0 radical (unpaired) electrons. The van der Waals surface area contributed by atoms with Crippen molar-refractivity contribution in [3.63, 3.8) is 0 Å². The number of fused-ring (bicyclic) bond motifs is 3. The summed E-state index contributed by atoms with van der Waals surface area (Å²) < 4.78 is 17.3. The van der Waals surface area contributed by atoms with Crippen LogP contribution in [0.1, 0.15) is 41.8 Å². The number of hydrogen-bond donors (Lipinski definition) is 6. The molecule has 0 spiro atoms. The van der Waals surface area contributed by atoms with Crippen molar-refractivity contribution in [2.45, 2.75) is 38.6 Å². The van der Waals surface area contributed by atoms with Crippen molar-refractivity contribution in [2.24, 2.45) is 4.99 Å². The van der Waals surface area contributed by atoms with E-state index in [1.807, 2.05) is 49.4 Å². The van der Waals surface area contributed by atoms with Crippen molar-refractivity contribution in [3.05, 3.63) is 88.4 Å². The van der Waals surface area contributed by atoms with Gasteiger partial charge in [0.15, 0.2) is 0 Å². The Morgan fingerprint density at radius 2 is 1.65 bits per heavy atom. The fourth-order valence-corrected chi connectivity index (χ4v) is 5.82. The van der Waals surface area contributed by atoms with E-state index >= 15 is 0 Å². The molecule has 0 aromatic heterocycles. The van der Waals surface area contributed by atoms with Gasteiger partial charge in [-0.3, -0.25) is 14.6 Å². The van der Waals surface area contributed by atoms with Crippen LogP contribution in [-0.2, 0) is 14.3 Å². The largest absolute Gasteiger partial charge is 0.491 e. The lowest BCUT2D eigenvalue weighted by atomic mass is 9.80. The van der Waals surface area contributed by atoms with Gasteiger partial charge in [0.1, 0.15) is 18.5 Å². The van der Waals surface area contributed by atoms with Crippen LogP contribution in [0.3, 0.4) is 0 Å². The Morgan fingerprint density at radius 3 is 2.37 bits per heavy atom. The van der Waals surface area contributed by atoms with Gasteiger partial charge in [0.05, 0.1) is 50.8 Å². The van der Waals surface area contributed by atoms with E-state index < -0.39 is 7.12 Å². The molecule has 49 heavy (non-hydrogen) atoms. The van der Waals surface area contributed by atoms with Crippen LogP contribution < -0.4 is 36.6 Å². The van der Waals surface area contributed by atoms with Crippen LogP contribution in [0.25, 0.3) is 0 Å². The van der Waals surface area contributed by atoms with E-state index in [0.29, 0.717) is 67.9 Å². The Labute approximate surface area is 291 Å². The highest BCUT2D eigenvalue weighted by Crippen LogP contribution is 2.36. The van der Waals surface area contributed by atoms with Gasteiger partial charge < -0.3 is 39.8 Å². The molecule has 2 heterocycles. The molecule has 5 rings (SSSR count). The Kier molecular flexibility index (Phi) is 13.0. The summed E-state index contributed by atoms with van der Waals surface area (Å²) >= 11 is 6.22. The third-order valence-electron chi connectivity index (χ3n) is 8.08. The predicted molar refractivity (Wildman–Crippen MR) is 188 cm³/mol. The van der Waals surface area contributed by atoms with Gasteiger partial charge in [-0.05, 0) is 61.8 Å². The van der Waals surface area contributed by atoms with Crippen LogP contribution in [-0.4, -0.2) is 99.2 Å². The van der Waals surface area contributed by atoms with Crippen LogP contribution in [0, 0.1) is 0 Å². The summed E-state index contributed by atoms with van der Waals surface area (Å²) in [7, 11) is -1.57. The van der Waals surface area contributed by atoms with Crippen molar-refractivity contribution < 1.29 is 33.8 Å². The Balaban J connectivity index is 1.14. The summed E-state index contributed by atoms with van der Waals surface area (Å²) in [5.41, 5.74) is 10.8. The third-order valence-corrected chi connectivity index (χ3v) is 8.33. The highest BCUT2D eigenvalue weighted by atomic mass is 35.5. The van der Waals surface area contributed by atoms with Gasteiger partial charge in [0.2, 0.25) is 5.91 Å². The number of anilines is 1. The minimum absolute atomic E-state index is 0.0560. The lowest BCUT2D eigenvalue weighted by Crippen LogP contribution is -2.47. The molecule has 1 fully saturated rings. The fourth-order valence-electron chi connectivity index (χ4n) is 5.69. The van der Waals surface area contributed by atoms with E-state index in [4.69, 9.17) is 40.9 Å². The number of nitrogens with one attached hydrogen (secondary N) is 4. The van der Waals surface area contributed by atoms with E-state index in [1.54, 1.807) is 0 Å². The summed E-state index contributed by atoms with van der Waals surface area (Å²) in [4.78, 5) is 32.3. The minimum Gasteiger partial charge on any atom is -0.491 e. The third kappa shape index (κ3) is 9.58. The molecule has 0 saturated carbocycles. The van der Waals surface area contributed by atoms with E-state index in [0.717, 1.165) is 22.5 Å². The molecule has 2 aliphatic heterocycles. The summed E-state index contributed by atoms with van der Waals surface area (Å²) in [6.45, 7) is 6.52. The first-order valence-corrected chi connectivity index (χ1v) is 16.7. The molecule has 2 amide bonds. The molecule has 0 bridgehead atoms. The minimum atomic E-state index is -1.57. The fraction of sp³-hybridized carbons (Fsp3) is 0.382. The van der Waals surface area contributed by atoms with Crippen LogP contribution >= 0.6 is 11.6 Å². The normalized spacial score (nSPS) is 18.2. The zero-order valence-electron chi connectivity index (χ0n) is 27.5. The number of halogens is 1. The molecule has 3 aromatic rings. The number of aliphatic imine (C=N–C) groups is 1. The number of ether oxygens (including phenoxy) is 3. The highest BCUT2D eigenvalue weighted by molar-refractivity contribution is 6.58. The first-order chi connectivity index (χ1) is 23.7. The van der Waals surface area contributed by atoms with Crippen molar-refractivity contribution in [1.82, 2.24) is 21.5 Å². The van der Waals surface area contributed by atoms with Gasteiger partial charge in [0.25, 0.3) is 5.91 Å². The molecule has 6 N–H and O–H groups in total. The lowest BCUT2D eigenvalue weighted by molar-refractivity contribution is -0.121. The van der Waals surface area contributed by atoms with Gasteiger partial charge in [-0.25, -0.2) is 10.9 Å². The predicted octanol–water partition coefficient (Wildman–Crippen LogP) is 1.19. The summed E-state index contributed by atoms with van der Waals surface area (Å²) in [5, 5.41) is 24.6. The maximum absolute atomic E-state index is 12.7. The van der Waals surface area contributed by atoms with E-state index in [9.17, 15) is 9.59 Å². The Hall–Kier alpha value is -4.02. The zero-order chi connectivity index (χ0) is 34.8. The second-order valence-electron chi connectivity index (χ2n) is 11.5. The van der Waals surface area contributed by atoms with E-state index in [-0.39, 0.29) is 36.6 Å². The number of rotatable bonds is 16. The van der Waals surface area contributed by atoms with Gasteiger partial charge >= 0.3 is 7.12 Å². The smallest absolute Gasteiger partial charge is 0.488 e. The molecule has 13 nitrogen and oxygen atoms in total. The van der Waals surface area contributed by atoms with E-state index in [2.05, 4.69) is 33.3 Å². The molecule has 1 saturated heterocycles. The number of carbonyl (C=O) groups excluding carboxylic acids is 2. The van der Waals surface area contributed by atoms with Crippen LogP contribution in [0.15, 0.2) is 71.7 Å². The van der Waals surface area contributed by atoms with Crippen LogP contribution in [0.2, 0.25) is 5.02 Å². The first-order valence-electron chi connectivity index (χ1n) is 16.3. The number of carbonyl (C=O) groups is 2. The average molecular weight is 693 g/mol. The number of nitrogens with zero attached hydrogens (tertiary/aromatic N) is 2. The Bertz CT molecular complexity index is 1590. The number of benzene rings is 3. The van der Waals surface area contributed by atoms with Crippen LogP contribution in [0.4, 0.5) is 5.69 Å². The molecular formula is C34H42BClN6O7. The highest BCUT2D eigenvalue weighted by Gasteiger charge is 2.40. The van der Waals surface area contributed by atoms with Gasteiger partial charge in [-0.15, -0.1) is 0 Å². The standard InChI is InChI=1S/C34H42BClN6O7/c1-3-37-31(43)21-29-33-41-40-22(2)42(33)30-13-12-27(20-28(30)32(39-29)23-6-10-26(36)11-7-23)49-19-18-48-17-16-47-15-14-38-34(44)24-4-8-25(9-5-24)35(45)46/h4-13,20,22,29,33,40-41,45-46H,3,14-19,21H2,1-2H3,(H,37,43)(H,38,44). The van der Waals surface area contributed by atoms with Crippen LogP contribution in [0.5, 0.6) is 5.75 Å². The maximum Gasteiger partial charge on any atom is 0.488 e. The average Bonchev–Trinajstić information content (AvgIpc) is 3.42. The van der Waals surface area contributed by atoms with Crippen molar-refractivity contribution >= 4 is 47.4 Å². The lowest BCUT2D eigenvalue weighted by Gasteiger charge is -2.31. The molecular weight excluding hydrogens is 651 g/mol. The SMILES string of the molecule is CCNC(=O)CC1N=C(c2ccc(Cl)cc2)c2cc(OCCOCCOCCNC(=O)c3ccc(B(O)O)cc3)ccc2N2C(C)NNC12. The summed E-state index contributed by atoms with van der Waals surface area (Å²) in [5.74, 6) is 0.317. The molecule has 0 aliphatic carbocycles. The maximum atomic E-state index is 12.7. The summed E-state index contributed by atoms with van der Waals surface area (Å²) in [6, 6.07) is 19.1. The van der Waals surface area contributed by atoms with Gasteiger partial charge in [-0.1, -0.05) is 35.9 Å². The molecule has 3 aromatic carbocycles.